The summed E-state index contributed by atoms with van der Waals surface area (Å²) in [6.45, 7) is 7.24. The highest BCUT2D eigenvalue weighted by atomic mass is 32.2. The van der Waals surface area contributed by atoms with Gasteiger partial charge >= 0.3 is 6.18 Å². The lowest BCUT2D eigenvalue weighted by Crippen LogP contribution is -2.46. The molecule has 0 aliphatic carbocycles. The fourth-order valence-corrected chi connectivity index (χ4v) is 5.44. The van der Waals surface area contributed by atoms with E-state index in [2.05, 4.69) is 21.2 Å². The number of aromatic hydroxyl groups is 1. The van der Waals surface area contributed by atoms with Crippen LogP contribution in [0.5, 0.6) is 11.5 Å². The lowest BCUT2D eigenvalue weighted by atomic mass is 10.0. The quantitative estimate of drug-likeness (QED) is 0.352. The van der Waals surface area contributed by atoms with Gasteiger partial charge in [0.1, 0.15) is 11.5 Å². The number of phenolic OH excluding ortho intramolecular Hbond substituents is 1. The summed E-state index contributed by atoms with van der Waals surface area (Å²) in [7, 11) is -4.48. The Hall–Kier alpha value is -3.91. The van der Waals surface area contributed by atoms with E-state index in [4.69, 9.17) is 4.74 Å². The molecule has 0 saturated carbocycles. The van der Waals surface area contributed by atoms with Crippen molar-refractivity contribution < 1.29 is 36.2 Å². The molecule has 0 spiro atoms. The number of hydrogen-bond donors (Lipinski definition) is 2. The van der Waals surface area contributed by atoms with Gasteiger partial charge in [0.15, 0.2) is 11.5 Å². The monoisotopic (exact) mass is 607 g/mol. The SMILES string of the molecule is CC(C)Oc1cc(CN2CCN(c3ccc(C(=O)NS(=O)(=O)CCC(F)(F)F)nn3)CC2)cc(-c2cccc(O)c2)c1. The van der Waals surface area contributed by atoms with Gasteiger partial charge in [0.2, 0.25) is 10.0 Å². The zero-order chi connectivity index (χ0) is 30.5. The normalized spacial score (nSPS) is 14.7. The summed E-state index contributed by atoms with van der Waals surface area (Å²) in [6, 6.07) is 15.9. The molecule has 10 nitrogen and oxygen atoms in total. The summed E-state index contributed by atoms with van der Waals surface area (Å²) in [5.41, 5.74) is 2.55. The van der Waals surface area contributed by atoms with Crippen molar-refractivity contribution in [3.05, 3.63) is 65.9 Å². The standard InChI is InChI=1S/C28H32F3N5O5S/c1-19(2)41-24-15-20(14-22(17-24)21-4-3-5-23(37)16-21)18-35-9-11-36(12-10-35)26-7-6-25(32-33-26)27(38)34-42(39,40)13-8-28(29,30)31/h3-7,14-17,19,37H,8-13,18H2,1-2H3,(H,34,38). The highest BCUT2D eigenvalue weighted by molar-refractivity contribution is 7.90. The van der Waals surface area contributed by atoms with Crippen LogP contribution < -0.4 is 14.4 Å². The Morgan fingerprint density at radius 2 is 1.76 bits per heavy atom. The smallest absolute Gasteiger partial charge is 0.390 e. The first-order chi connectivity index (χ1) is 19.8. The van der Waals surface area contributed by atoms with Crippen LogP contribution in [0.15, 0.2) is 54.6 Å². The molecule has 14 heteroatoms. The molecule has 226 valence electrons. The van der Waals surface area contributed by atoms with Crippen LogP contribution in [0.4, 0.5) is 19.0 Å². The Bertz CT molecular complexity index is 1490. The van der Waals surface area contributed by atoms with Crippen LogP contribution in [-0.2, 0) is 16.6 Å². The molecule has 2 aromatic carbocycles. The summed E-state index contributed by atoms with van der Waals surface area (Å²) in [4.78, 5) is 16.4. The van der Waals surface area contributed by atoms with Crippen molar-refractivity contribution in [1.82, 2.24) is 19.8 Å². The zero-order valence-corrected chi connectivity index (χ0v) is 24.0. The van der Waals surface area contributed by atoms with Crippen LogP contribution in [0.25, 0.3) is 11.1 Å². The molecule has 4 rings (SSSR count). The molecule has 3 aromatic rings. The summed E-state index contributed by atoms with van der Waals surface area (Å²) in [6.07, 6.45) is -6.23. The number of alkyl halides is 3. The number of benzene rings is 2. The van der Waals surface area contributed by atoms with E-state index in [1.165, 1.54) is 12.1 Å². The van der Waals surface area contributed by atoms with Gasteiger partial charge in [-0.2, -0.15) is 13.2 Å². The highest BCUT2D eigenvalue weighted by Gasteiger charge is 2.31. The fourth-order valence-electron chi connectivity index (χ4n) is 4.45. The molecule has 1 saturated heterocycles. The van der Waals surface area contributed by atoms with Gasteiger partial charge in [-0.1, -0.05) is 12.1 Å². The van der Waals surface area contributed by atoms with Crippen LogP contribution in [0.3, 0.4) is 0 Å². The fraction of sp³-hybridized carbons (Fsp3) is 0.393. The summed E-state index contributed by atoms with van der Waals surface area (Å²) >= 11 is 0. The van der Waals surface area contributed by atoms with Crippen molar-refractivity contribution >= 4 is 21.7 Å². The molecule has 0 bridgehead atoms. The van der Waals surface area contributed by atoms with Crippen molar-refractivity contribution in [1.29, 1.82) is 0 Å². The van der Waals surface area contributed by atoms with Gasteiger partial charge in [0.25, 0.3) is 5.91 Å². The number of aromatic nitrogens is 2. The molecule has 0 radical (unpaired) electrons. The number of piperazine rings is 1. The number of nitrogens with zero attached hydrogens (tertiary/aromatic N) is 4. The molecule has 1 aromatic heterocycles. The Balaban J connectivity index is 1.36. The van der Waals surface area contributed by atoms with Crippen molar-refractivity contribution in [3.63, 3.8) is 0 Å². The predicted molar refractivity (Wildman–Crippen MR) is 151 cm³/mol. The van der Waals surface area contributed by atoms with Crippen LogP contribution in [0, 0.1) is 0 Å². The largest absolute Gasteiger partial charge is 0.508 e. The second-order valence-electron chi connectivity index (χ2n) is 10.2. The van der Waals surface area contributed by atoms with Crippen molar-refractivity contribution in [2.24, 2.45) is 0 Å². The van der Waals surface area contributed by atoms with Gasteiger partial charge < -0.3 is 14.7 Å². The van der Waals surface area contributed by atoms with Crippen molar-refractivity contribution in [2.75, 3.05) is 36.8 Å². The Labute approximate surface area is 242 Å². The molecule has 2 N–H and O–H groups in total. The van der Waals surface area contributed by atoms with Gasteiger partial charge in [0.05, 0.1) is 18.3 Å². The Kier molecular flexibility index (Phi) is 9.57. The summed E-state index contributed by atoms with van der Waals surface area (Å²) in [5, 5.41) is 17.7. The number of hydrogen-bond acceptors (Lipinski definition) is 9. The van der Waals surface area contributed by atoms with Gasteiger partial charge in [0, 0.05) is 32.7 Å². The summed E-state index contributed by atoms with van der Waals surface area (Å²) < 4.78 is 68.2. The van der Waals surface area contributed by atoms with E-state index in [1.54, 1.807) is 22.9 Å². The van der Waals surface area contributed by atoms with Crippen LogP contribution in [0.2, 0.25) is 0 Å². The number of carbonyl (C=O) groups is 1. The topological polar surface area (TPSA) is 125 Å². The molecular weight excluding hydrogens is 575 g/mol. The molecule has 1 fully saturated rings. The number of carbonyl (C=O) groups excluding carboxylic acids is 1. The second-order valence-corrected chi connectivity index (χ2v) is 12.1. The van der Waals surface area contributed by atoms with Gasteiger partial charge in [-0.05, 0) is 73.0 Å². The zero-order valence-electron chi connectivity index (χ0n) is 23.1. The molecule has 1 aliphatic heterocycles. The Morgan fingerprint density at radius 1 is 1.02 bits per heavy atom. The van der Waals surface area contributed by atoms with Crippen LogP contribution >= 0.6 is 0 Å². The van der Waals surface area contributed by atoms with E-state index >= 15 is 0 Å². The average molecular weight is 608 g/mol. The molecule has 0 unspecified atom stereocenters. The lowest BCUT2D eigenvalue weighted by Gasteiger charge is -2.35. The number of halogens is 3. The lowest BCUT2D eigenvalue weighted by molar-refractivity contribution is -0.130. The van der Waals surface area contributed by atoms with Gasteiger partial charge in [-0.15, -0.1) is 10.2 Å². The maximum absolute atomic E-state index is 12.3. The first-order valence-electron chi connectivity index (χ1n) is 13.3. The molecule has 1 aliphatic rings. The highest BCUT2D eigenvalue weighted by Crippen LogP contribution is 2.30. The minimum absolute atomic E-state index is 0.00168. The first kappa shape index (κ1) is 31.0. The Morgan fingerprint density at radius 3 is 2.38 bits per heavy atom. The van der Waals surface area contributed by atoms with Gasteiger partial charge in [-0.3, -0.25) is 9.69 Å². The number of anilines is 1. The van der Waals surface area contributed by atoms with E-state index in [1.807, 2.05) is 36.9 Å². The summed E-state index contributed by atoms with van der Waals surface area (Å²) in [5.74, 6) is -0.987. The molecular formula is C28H32F3N5O5S. The van der Waals surface area contributed by atoms with Crippen molar-refractivity contribution in [2.45, 2.75) is 39.1 Å². The maximum Gasteiger partial charge on any atom is 0.390 e. The number of rotatable bonds is 10. The predicted octanol–water partition coefficient (Wildman–Crippen LogP) is 3.97. The number of amides is 1. The van der Waals surface area contributed by atoms with E-state index in [-0.39, 0.29) is 17.5 Å². The third kappa shape index (κ3) is 9.05. The van der Waals surface area contributed by atoms with E-state index in [9.17, 15) is 31.5 Å². The molecule has 1 amide bonds. The molecule has 42 heavy (non-hydrogen) atoms. The minimum Gasteiger partial charge on any atom is -0.508 e. The van der Waals surface area contributed by atoms with Gasteiger partial charge in [-0.25, -0.2) is 13.1 Å². The van der Waals surface area contributed by atoms with Crippen LogP contribution in [-0.4, -0.2) is 78.7 Å². The minimum atomic E-state index is -4.66. The maximum atomic E-state index is 12.3. The number of ether oxygens (including phenoxy) is 1. The van der Waals surface area contributed by atoms with Crippen molar-refractivity contribution in [3.8, 4) is 22.6 Å². The molecule has 2 heterocycles. The number of phenols is 1. The van der Waals surface area contributed by atoms with E-state index < -0.39 is 34.3 Å². The molecule has 0 atom stereocenters. The number of nitrogens with one attached hydrogen (secondary N) is 1. The third-order valence-corrected chi connectivity index (χ3v) is 7.64. The third-order valence-electron chi connectivity index (χ3n) is 6.41. The second kappa shape index (κ2) is 12.9. The first-order valence-corrected chi connectivity index (χ1v) is 14.9. The average Bonchev–Trinajstić information content (AvgIpc) is 2.91. The van der Waals surface area contributed by atoms with E-state index in [0.29, 0.717) is 38.5 Å². The number of sulfonamides is 1. The van der Waals surface area contributed by atoms with Crippen LogP contribution in [0.1, 0.15) is 36.3 Å². The van der Waals surface area contributed by atoms with E-state index in [0.717, 1.165) is 22.4 Å².